The second-order valence-corrected chi connectivity index (χ2v) is 6.64. The van der Waals surface area contributed by atoms with Gasteiger partial charge < -0.3 is 0 Å². The highest BCUT2D eigenvalue weighted by atomic mass is 79.9. The van der Waals surface area contributed by atoms with E-state index >= 15 is 0 Å². The minimum absolute atomic E-state index is 0.0173. The van der Waals surface area contributed by atoms with Gasteiger partial charge in [0.15, 0.2) is 0 Å². The monoisotopic (exact) mass is 412 g/mol. The van der Waals surface area contributed by atoms with Crippen LogP contribution in [0.5, 0.6) is 0 Å². The number of aryl methyl sites for hydroxylation is 1. The van der Waals surface area contributed by atoms with Crippen LogP contribution in [0, 0.1) is 0 Å². The summed E-state index contributed by atoms with van der Waals surface area (Å²) in [6.07, 6.45) is -2.69. The highest BCUT2D eigenvalue weighted by molar-refractivity contribution is 9.09. The maximum atomic E-state index is 12.9. The molecular formula is C18H17BrN2O2S. The average Bonchev–Trinajstić information content (AvgIpc) is 3.26. The zero-order valence-electron chi connectivity index (χ0n) is 20.2. The summed E-state index contributed by atoms with van der Waals surface area (Å²) in [5.41, 5.74) is 0.322. The number of thiophene rings is 1. The number of fused-ring (bicyclic) bond motifs is 2. The first kappa shape index (κ1) is 9.27. The number of hydrogen-bond donors (Lipinski definition) is 0. The van der Waals surface area contributed by atoms with Crippen molar-refractivity contribution >= 4 is 39.1 Å². The standard InChI is InChI=1S/C18H17BrN2O2S/c19-7-9-20-8-5-12-6-10-24-16(12)15(20)11-21-17(22)13-3-1-2-4-14(13)18(21)23/h1-4,6,10,15H,5,7-9,11H2/i5D2,7D2,8D2,9D2. The lowest BCUT2D eigenvalue weighted by molar-refractivity contribution is 0.0586. The van der Waals surface area contributed by atoms with Crippen LogP contribution in [0.2, 0.25) is 0 Å². The molecule has 2 amide bonds. The van der Waals surface area contributed by atoms with E-state index in [9.17, 15) is 9.59 Å². The maximum absolute atomic E-state index is 12.9. The zero-order valence-corrected chi connectivity index (χ0v) is 14.6. The van der Waals surface area contributed by atoms with Crippen molar-refractivity contribution in [3.05, 3.63) is 57.3 Å². The molecule has 0 spiro atoms. The van der Waals surface area contributed by atoms with Gasteiger partial charge in [-0.1, -0.05) is 28.1 Å². The Kier molecular flexibility index (Phi) is 2.48. The highest BCUT2D eigenvalue weighted by Crippen LogP contribution is 2.36. The van der Waals surface area contributed by atoms with Gasteiger partial charge in [0.05, 0.1) is 17.2 Å². The molecule has 0 fully saturated rings. The van der Waals surface area contributed by atoms with Gasteiger partial charge in [0.25, 0.3) is 11.8 Å². The van der Waals surface area contributed by atoms with Gasteiger partial charge in [-0.25, -0.2) is 0 Å². The Morgan fingerprint density at radius 2 is 1.96 bits per heavy atom. The molecule has 124 valence electrons. The fraction of sp³-hybridized carbons (Fsp3) is 0.333. The number of benzene rings is 1. The predicted octanol–water partition coefficient (Wildman–Crippen LogP) is 3.34. The number of halogens is 1. The lowest BCUT2D eigenvalue weighted by Crippen LogP contribution is -2.44. The first-order valence-corrected chi connectivity index (χ1v) is 8.82. The summed E-state index contributed by atoms with van der Waals surface area (Å²) in [4.78, 5) is 27.4. The minimum atomic E-state index is -3.06. The number of nitrogens with zero attached hydrogens (tertiary/aromatic N) is 2. The smallest absolute Gasteiger partial charge is 0.261 e. The molecule has 2 aliphatic rings. The summed E-state index contributed by atoms with van der Waals surface area (Å²) in [5, 5.41) is -1.26. The molecule has 0 radical (unpaired) electrons. The van der Waals surface area contributed by atoms with E-state index in [4.69, 9.17) is 11.0 Å². The molecule has 0 N–H and O–H groups in total. The van der Waals surface area contributed by atoms with E-state index in [0.717, 1.165) is 16.2 Å². The van der Waals surface area contributed by atoms with E-state index < -0.39 is 49.0 Å². The molecule has 2 aromatic rings. The van der Waals surface area contributed by atoms with Crippen molar-refractivity contribution in [2.75, 3.05) is 24.8 Å². The van der Waals surface area contributed by atoms with Gasteiger partial charge in [-0.3, -0.25) is 19.4 Å². The summed E-state index contributed by atoms with van der Waals surface area (Å²) in [6.45, 7) is -6.55. The molecule has 1 aromatic carbocycles. The van der Waals surface area contributed by atoms with E-state index in [1.54, 1.807) is 12.1 Å². The molecule has 1 aromatic heterocycles. The van der Waals surface area contributed by atoms with E-state index in [1.165, 1.54) is 23.6 Å². The van der Waals surface area contributed by atoms with Gasteiger partial charge >= 0.3 is 0 Å². The van der Waals surface area contributed by atoms with Crippen molar-refractivity contribution in [3.63, 3.8) is 0 Å². The highest BCUT2D eigenvalue weighted by Gasteiger charge is 2.39. The van der Waals surface area contributed by atoms with Gasteiger partial charge in [0.1, 0.15) is 0 Å². The van der Waals surface area contributed by atoms with Gasteiger partial charge in [-0.15, -0.1) is 11.3 Å². The third kappa shape index (κ3) is 2.53. The predicted molar refractivity (Wildman–Crippen MR) is 97.9 cm³/mol. The van der Waals surface area contributed by atoms with Crippen molar-refractivity contribution in [1.29, 1.82) is 0 Å². The zero-order chi connectivity index (χ0) is 23.9. The van der Waals surface area contributed by atoms with E-state index in [1.807, 2.05) is 0 Å². The average molecular weight is 413 g/mol. The summed E-state index contributed by atoms with van der Waals surface area (Å²) in [5.74, 6) is -1.25. The lowest BCUT2D eigenvalue weighted by Gasteiger charge is -2.37. The van der Waals surface area contributed by atoms with Crippen LogP contribution in [-0.4, -0.2) is 46.4 Å². The molecule has 3 heterocycles. The number of rotatable bonds is 4. The molecule has 0 aliphatic carbocycles. The molecule has 0 bridgehead atoms. The number of imide groups is 1. The summed E-state index contributed by atoms with van der Waals surface area (Å²) in [6, 6.07) is 6.24. The quantitative estimate of drug-likeness (QED) is 0.570. The third-order valence-corrected chi connectivity index (χ3v) is 5.21. The molecule has 4 nitrogen and oxygen atoms in total. The maximum Gasteiger partial charge on any atom is 0.261 e. The van der Waals surface area contributed by atoms with Crippen LogP contribution in [0.1, 0.15) is 48.2 Å². The fourth-order valence-electron chi connectivity index (χ4n) is 2.89. The number of carbonyl (C=O) groups is 2. The molecule has 0 saturated heterocycles. The first-order valence-electron chi connectivity index (χ1n) is 11.2. The molecular weight excluding hydrogens is 388 g/mol. The van der Waals surface area contributed by atoms with Gasteiger partial charge in [-0.05, 0) is 35.5 Å². The Morgan fingerprint density at radius 1 is 1.25 bits per heavy atom. The molecule has 1 atom stereocenters. The van der Waals surface area contributed by atoms with E-state index in [-0.39, 0.29) is 21.6 Å². The van der Waals surface area contributed by atoms with Crippen LogP contribution >= 0.6 is 27.3 Å². The lowest BCUT2D eigenvalue weighted by atomic mass is 10.0. The van der Waals surface area contributed by atoms with Gasteiger partial charge in [0.2, 0.25) is 0 Å². The molecule has 1 unspecified atom stereocenters. The van der Waals surface area contributed by atoms with Crippen LogP contribution < -0.4 is 0 Å². The van der Waals surface area contributed by atoms with Gasteiger partial charge in [0, 0.05) is 40.7 Å². The number of amides is 2. The van der Waals surface area contributed by atoms with E-state index in [0.29, 0.717) is 4.90 Å². The van der Waals surface area contributed by atoms with Crippen molar-refractivity contribution < 1.29 is 20.6 Å². The Bertz CT molecular complexity index is 1080. The Hall–Kier alpha value is -1.50. The Balaban J connectivity index is 1.87. The van der Waals surface area contributed by atoms with Crippen LogP contribution in [0.3, 0.4) is 0 Å². The topological polar surface area (TPSA) is 40.6 Å². The Labute approximate surface area is 164 Å². The summed E-state index contributed by atoms with van der Waals surface area (Å²) >= 11 is 3.66. The molecule has 4 rings (SSSR count). The second-order valence-electron chi connectivity index (χ2n) is 5.29. The number of carbonyl (C=O) groups excluding carboxylic acids is 2. The summed E-state index contributed by atoms with van der Waals surface area (Å²) in [7, 11) is 0. The van der Waals surface area contributed by atoms with Crippen molar-refractivity contribution in [2.24, 2.45) is 0 Å². The SMILES string of the molecule is [2H]C([2H])(Br)C([2H])([2H])N1C(CN2C(=O)c3ccccc3C2=O)c2sccc2C([2H])([2H])C1([2H])[2H]. The minimum Gasteiger partial charge on any atom is -0.293 e. The van der Waals surface area contributed by atoms with Crippen LogP contribution in [0.25, 0.3) is 0 Å². The van der Waals surface area contributed by atoms with Crippen LogP contribution in [0.4, 0.5) is 0 Å². The Morgan fingerprint density at radius 3 is 2.62 bits per heavy atom. The van der Waals surface area contributed by atoms with Gasteiger partial charge in [-0.2, -0.15) is 0 Å². The van der Waals surface area contributed by atoms with Crippen LogP contribution in [0.15, 0.2) is 35.7 Å². The first-order chi connectivity index (χ1) is 14.6. The molecule has 0 saturated carbocycles. The van der Waals surface area contributed by atoms with Crippen molar-refractivity contribution in [3.8, 4) is 0 Å². The van der Waals surface area contributed by atoms with E-state index in [2.05, 4.69) is 15.9 Å². The normalized spacial score (nSPS) is 30.7. The van der Waals surface area contributed by atoms with Crippen molar-refractivity contribution in [1.82, 2.24) is 9.80 Å². The largest absolute Gasteiger partial charge is 0.293 e. The van der Waals surface area contributed by atoms with Crippen molar-refractivity contribution in [2.45, 2.75) is 12.4 Å². The summed E-state index contributed by atoms with van der Waals surface area (Å²) < 4.78 is 66.5. The fourth-order valence-corrected chi connectivity index (χ4v) is 4.02. The second kappa shape index (κ2) is 6.43. The molecule has 2 aliphatic heterocycles. The molecule has 24 heavy (non-hydrogen) atoms. The third-order valence-electron chi connectivity index (χ3n) is 4.02. The number of hydrogen-bond acceptors (Lipinski definition) is 4. The van der Waals surface area contributed by atoms with Crippen LogP contribution in [-0.2, 0) is 6.37 Å². The number of alkyl halides is 1. The molecule has 6 heteroatoms.